The highest BCUT2D eigenvalue weighted by atomic mass is 79.9. The van der Waals surface area contributed by atoms with Crippen molar-refractivity contribution in [2.75, 3.05) is 11.9 Å². The third-order valence-corrected chi connectivity index (χ3v) is 4.09. The van der Waals surface area contributed by atoms with Gasteiger partial charge in [0.2, 0.25) is 0 Å². The van der Waals surface area contributed by atoms with Crippen LogP contribution < -0.4 is 4.90 Å². The second-order valence-corrected chi connectivity index (χ2v) is 5.63. The molecule has 0 aliphatic rings. The van der Waals surface area contributed by atoms with E-state index in [1.807, 2.05) is 49.4 Å². The first-order valence-corrected chi connectivity index (χ1v) is 7.49. The molecule has 104 valence electrons. The molecule has 0 saturated heterocycles. The molecule has 2 nitrogen and oxygen atoms in total. The lowest BCUT2D eigenvalue weighted by Crippen LogP contribution is -2.16. The zero-order valence-corrected chi connectivity index (χ0v) is 13.4. The van der Waals surface area contributed by atoms with Crippen molar-refractivity contribution in [3.05, 3.63) is 64.1 Å². The average molecular weight is 332 g/mol. The maximum Gasteiger partial charge on any atom is 0.162 e. The number of rotatable bonds is 5. The molecule has 2 rings (SSSR count). The second kappa shape index (κ2) is 6.71. The van der Waals surface area contributed by atoms with E-state index in [-0.39, 0.29) is 5.78 Å². The van der Waals surface area contributed by atoms with Crippen LogP contribution in [0.25, 0.3) is 0 Å². The van der Waals surface area contributed by atoms with Crippen LogP contribution in [0, 0.1) is 0 Å². The number of carbonyl (C=O) groups excluding carboxylic acids is 1. The van der Waals surface area contributed by atoms with E-state index in [9.17, 15) is 4.79 Å². The number of benzene rings is 2. The minimum absolute atomic E-state index is 0.185. The van der Waals surface area contributed by atoms with E-state index in [1.54, 1.807) is 0 Å². The zero-order chi connectivity index (χ0) is 14.5. The smallest absolute Gasteiger partial charge is 0.162 e. The van der Waals surface area contributed by atoms with Crippen LogP contribution in [0.5, 0.6) is 0 Å². The summed E-state index contributed by atoms with van der Waals surface area (Å²) in [7, 11) is 2.05. The molecular weight excluding hydrogens is 314 g/mol. The Labute approximate surface area is 128 Å². The lowest BCUT2D eigenvalue weighted by Gasteiger charge is -2.20. The highest BCUT2D eigenvalue weighted by Crippen LogP contribution is 2.21. The first kappa shape index (κ1) is 14.8. The van der Waals surface area contributed by atoms with Crippen molar-refractivity contribution in [3.63, 3.8) is 0 Å². The van der Waals surface area contributed by atoms with E-state index < -0.39 is 0 Å². The Balaban J connectivity index is 2.12. The van der Waals surface area contributed by atoms with Gasteiger partial charge >= 0.3 is 0 Å². The highest BCUT2D eigenvalue weighted by Gasteiger charge is 2.07. The van der Waals surface area contributed by atoms with Gasteiger partial charge in [0.05, 0.1) is 0 Å². The summed E-state index contributed by atoms with van der Waals surface area (Å²) in [6.45, 7) is 2.71. The number of hydrogen-bond donors (Lipinski definition) is 0. The van der Waals surface area contributed by atoms with Gasteiger partial charge in [-0.3, -0.25) is 4.79 Å². The van der Waals surface area contributed by atoms with Gasteiger partial charge in [0.15, 0.2) is 5.78 Å². The minimum Gasteiger partial charge on any atom is -0.370 e. The van der Waals surface area contributed by atoms with Gasteiger partial charge in [-0.05, 0) is 35.9 Å². The van der Waals surface area contributed by atoms with Crippen LogP contribution in [-0.2, 0) is 6.54 Å². The van der Waals surface area contributed by atoms with Gasteiger partial charge in [-0.25, -0.2) is 0 Å². The Morgan fingerprint density at radius 1 is 1.10 bits per heavy atom. The van der Waals surface area contributed by atoms with Gasteiger partial charge in [-0.2, -0.15) is 0 Å². The molecule has 2 aromatic carbocycles. The summed E-state index contributed by atoms with van der Waals surface area (Å²) in [5.41, 5.74) is 3.13. The van der Waals surface area contributed by atoms with Crippen molar-refractivity contribution >= 4 is 27.4 Å². The van der Waals surface area contributed by atoms with Crippen LogP contribution in [0.4, 0.5) is 5.69 Å². The lowest BCUT2D eigenvalue weighted by atomic mass is 10.1. The summed E-state index contributed by atoms with van der Waals surface area (Å²) in [5.74, 6) is 0.185. The Bertz CT molecular complexity index is 592. The molecule has 0 heterocycles. The van der Waals surface area contributed by atoms with Crippen LogP contribution >= 0.6 is 15.9 Å². The quantitative estimate of drug-likeness (QED) is 0.741. The van der Waals surface area contributed by atoms with Crippen molar-refractivity contribution in [2.45, 2.75) is 19.9 Å². The Hall–Kier alpha value is -1.61. The molecule has 2 aromatic rings. The second-order valence-electron chi connectivity index (χ2n) is 4.77. The maximum atomic E-state index is 11.6. The molecule has 0 amide bonds. The third kappa shape index (κ3) is 3.48. The van der Waals surface area contributed by atoms with Crippen LogP contribution in [0.2, 0.25) is 0 Å². The van der Waals surface area contributed by atoms with Crippen LogP contribution in [0.3, 0.4) is 0 Å². The number of hydrogen-bond acceptors (Lipinski definition) is 2. The summed E-state index contributed by atoms with van der Waals surface area (Å²) < 4.78 is 1.12. The molecule has 20 heavy (non-hydrogen) atoms. The molecular formula is C17H18BrNO. The molecule has 0 unspecified atom stereocenters. The predicted octanol–water partition coefficient (Wildman–Crippen LogP) is 4.68. The average Bonchev–Trinajstić information content (AvgIpc) is 2.49. The summed E-state index contributed by atoms with van der Waals surface area (Å²) >= 11 is 3.57. The molecule has 0 bridgehead atoms. The monoisotopic (exact) mass is 331 g/mol. The fraction of sp³-hybridized carbons (Fsp3) is 0.235. The summed E-state index contributed by atoms with van der Waals surface area (Å²) in [5, 5.41) is 0. The van der Waals surface area contributed by atoms with Crippen LogP contribution in [-0.4, -0.2) is 12.8 Å². The Kier molecular flexibility index (Phi) is 4.96. The van der Waals surface area contributed by atoms with Crippen molar-refractivity contribution in [2.24, 2.45) is 0 Å². The van der Waals surface area contributed by atoms with E-state index in [1.165, 1.54) is 5.56 Å². The maximum absolute atomic E-state index is 11.6. The predicted molar refractivity (Wildman–Crippen MR) is 87.3 cm³/mol. The van der Waals surface area contributed by atoms with Gasteiger partial charge in [-0.15, -0.1) is 0 Å². The first-order chi connectivity index (χ1) is 9.61. The SMILES string of the molecule is CCC(=O)c1ccc(N(C)Cc2ccccc2Br)cc1. The standard InChI is InChI=1S/C17H18BrNO/c1-3-17(20)13-8-10-15(11-9-13)19(2)12-14-6-4-5-7-16(14)18/h4-11H,3,12H2,1-2H3. The Morgan fingerprint density at radius 2 is 1.75 bits per heavy atom. The molecule has 0 atom stereocenters. The third-order valence-electron chi connectivity index (χ3n) is 3.32. The molecule has 0 aliphatic carbocycles. The van der Waals surface area contributed by atoms with Crippen molar-refractivity contribution in [1.82, 2.24) is 0 Å². The molecule has 0 saturated carbocycles. The number of halogens is 1. The minimum atomic E-state index is 0.185. The topological polar surface area (TPSA) is 20.3 Å². The first-order valence-electron chi connectivity index (χ1n) is 6.69. The Morgan fingerprint density at radius 3 is 2.35 bits per heavy atom. The fourth-order valence-corrected chi connectivity index (χ4v) is 2.49. The summed E-state index contributed by atoms with van der Waals surface area (Å²) in [6.07, 6.45) is 0.548. The zero-order valence-electron chi connectivity index (χ0n) is 11.8. The van der Waals surface area contributed by atoms with Crippen molar-refractivity contribution < 1.29 is 4.79 Å². The molecule has 0 fully saturated rings. The number of ketones is 1. The van der Waals surface area contributed by atoms with E-state index in [0.29, 0.717) is 6.42 Å². The van der Waals surface area contributed by atoms with Gasteiger partial charge in [-0.1, -0.05) is 41.1 Å². The lowest BCUT2D eigenvalue weighted by molar-refractivity contribution is 0.0988. The van der Waals surface area contributed by atoms with Crippen molar-refractivity contribution in [1.29, 1.82) is 0 Å². The molecule has 0 N–H and O–H groups in total. The highest BCUT2D eigenvalue weighted by molar-refractivity contribution is 9.10. The number of carbonyl (C=O) groups is 1. The summed E-state index contributed by atoms with van der Waals surface area (Å²) in [4.78, 5) is 13.8. The van der Waals surface area contributed by atoms with Crippen molar-refractivity contribution in [3.8, 4) is 0 Å². The molecule has 0 aliphatic heterocycles. The number of nitrogens with zero attached hydrogens (tertiary/aromatic N) is 1. The van der Waals surface area contributed by atoms with Gasteiger partial charge < -0.3 is 4.90 Å². The number of anilines is 1. The summed E-state index contributed by atoms with van der Waals surface area (Å²) in [6, 6.07) is 16.0. The van der Waals surface area contributed by atoms with E-state index in [0.717, 1.165) is 22.3 Å². The van der Waals surface area contributed by atoms with E-state index >= 15 is 0 Å². The van der Waals surface area contributed by atoms with Gasteiger partial charge in [0, 0.05) is 35.7 Å². The van der Waals surface area contributed by atoms with Gasteiger partial charge in [0.25, 0.3) is 0 Å². The molecule has 3 heteroatoms. The van der Waals surface area contributed by atoms with Gasteiger partial charge in [0.1, 0.15) is 0 Å². The normalized spacial score (nSPS) is 10.3. The molecule has 0 spiro atoms. The fourth-order valence-electron chi connectivity index (χ4n) is 2.08. The largest absolute Gasteiger partial charge is 0.370 e. The van der Waals surface area contributed by atoms with E-state index in [2.05, 4.69) is 33.9 Å². The molecule has 0 radical (unpaired) electrons. The molecule has 0 aromatic heterocycles. The number of Topliss-reactive ketones (excluding diaryl/α,β-unsaturated/α-hetero) is 1. The van der Waals surface area contributed by atoms with E-state index in [4.69, 9.17) is 0 Å². The van der Waals surface area contributed by atoms with Crippen LogP contribution in [0.15, 0.2) is 53.0 Å². The van der Waals surface area contributed by atoms with Crippen LogP contribution in [0.1, 0.15) is 29.3 Å².